The second kappa shape index (κ2) is 5.82. The van der Waals surface area contributed by atoms with Crippen LogP contribution in [0.5, 0.6) is 0 Å². The maximum atomic E-state index is 12.8. The molecule has 1 aromatic rings. The van der Waals surface area contributed by atoms with Gasteiger partial charge >= 0.3 is 0 Å². The molecule has 4 saturated carbocycles. The highest BCUT2D eigenvalue weighted by Crippen LogP contribution is 2.60. The van der Waals surface area contributed by atoms with E-state index in [4.69, 9.17) is 0 Å². The van der Waals surface area contributed by atoms with Crippen LogP contribution in [0, 0.1) is 33.3 Å². The van der Waals surface area contributed by atoms with Crippen LogP contribution in [-0.2, 0) is 4.79 Å². The van der Waals surface area contributed by atoms with E-state index in [0.717, 1.165) is 19.3 Å². The van der Waals surface area contributed by atoms with Crippen LogP contribution in [0.2, 0.25) is 0 Å². The SMILES string of the molecule is O=C(NNC(=O)C12CC3CC(CC(C3)C1)C2)c1cccc([N+](=O)[O-])c1. The second-order valence-corrected chi connectivity index (χ2v) is 7.91. The number of nitro groups is 1. The number of hydrazine groups is 1. The Labute approximate surface area is 145 Å². The molecule has 0 atom stereocenters. The van der Waals surface area contributed by atoms with Crippen LogP contribution in [0.1, 0.15) is 48.9 Å². The molecule has 0 aliphatic heterocycles. The quantitative estimate of drug-likeness (QED) is 0.650. The van der Waals surface area contributed by atoms with Gasteiger partial charge in [0.2, 0.25) is 5.91 Å². The van der Waals surface area contributed by atoms with Crippen molar-refractivity contribution in [3.63, 3.8) is 0 Å². The summed E-state index contributed by atoms with van der Waals surface area (Å²) in [6, 6.07) is 5.46. The summed E-state index contributed by atoms with van der Waals surface area (Å²) in [7, 11) is 0. The molecule has 0 heterocycles. The van der Waals surface area contributed by atoms with Gasteiger partial charge in [0.1, 0.15) is 0 Å². The van der Waals surface area contributed by atoms with Crippen LogP contribution in [0.4, 0.5) is 5.69 Å². The average Bonchev–Trinajstić information content (AvgIpc) is 2.58. The molecule has 2 N–H and O–H groups in total. The molecule has 4 aliphatic rings. The Hall–Kier alpha value is -2.44. The third-order valence-corrected chi connectivity index (χ3v) is 6.13. The predicted octanol–water partition coefficient (Wildman–Crippen LogP) is 2.57. The number of carbonyl (C=O) groups is 2. The van der Waals surface area contributed by atoms with Crippen molar-refractivity contribution in [2.45, 2.75) is 38.5 Å². The van der Waals surface area contributed by atoms with Crippen molar-refractivity contribution in [1.82, 2.24) is 10.9 Å². The number of hydrogen-bond donors (Lipinski definition) is 2. The van der Waals surface area contributed by atoms with Gasteiger partial charge in [-0.1, -0.05) is 6.07 Å². The number of hydrogen-bond acceptors (Lipinski definition) is 4. The summed E-state index contributed by atoms with van der Waals surface area (Å²) in [5, 5.41) is 10.8. The topological polar surface area (TPSA) is 101 Å². The van der Waals surface area contributed by atoms with Gasteiger partial charge in [0.25, 0.3) is 11.6 Å². The minimum Gasteiger partial charge on any atom is -0.273 e. The van der Waals surface area contributed by atoms with Gasteiger partial charge < -0.3 is 0 Å². The normalized spacial score (nSPS) is 32.2. The minimum atomic E-state index is -0.551. The molecule has 4 fully saturated rings. The molecule has 0 radical (unpaired) electrons. The fraction of sp³-hybridized carbons (Fsp3) is 0.556. The lowest BCUT2D eigenvalue weighted by molar-refractivity contribution is -0.384. The number of non-ortho nitro benzene ring substituents is 1. The number of nitrogens with zero attached hydrogens (tertiary/aromatic N) is 1. The summed E-state index contributed by atoms with van der Waals surface area (Å²) in [6.45, 7) is 0. The summed E-state index contributed by atoms with van der Waals surface area (Å²) >= 11 is 0. The molecule has 7 heteroatoms. The number of rotatable bonds is 3. The maximum Gasteiger partial charge on any atom is 0.270 e. The first-order chi connectivity index (χ1) is 11.9. The molecule has 2 amide bonds. The van der Waals surface area contributed by atoms with Gasteiger partial charge in [-0.2, -0.15) is 0 Å². The maximum absolute atomic E-state index is 12.8. The molecular weight excluding hydrogens is 322 g/mol. The lowest BCUT2D eigenvalue weighted by Crippen LogP contribution is -2.56. The van der Waals surface area contributed by atoms with Crippen LogP contribution in [0.3, 0.4) is 0 Å². The molecular formula is C18H21N3O4. The number of benzene rings is 1. The Balaban J connectivity index is 1.41. The Kier molecular flexibility index (Phi) is 3.74. The fourth-order valence-electron chi connectivity index (χ4n) is 5.47. The Morgan fingerprint density at radius 1 is 1.04 bits per heavy atom. The zero-order valence-corrected chi connectivity index (χ0v) is 13.9. The number of nitro benzene ring substituents is 1. The van der Waals surface area contributed by atoms with E-state index < -0.39 is 10.8 Å². The lowest BCUT2D eigenvalue weighted by atomic mass is 9.49. The number of nitrogens with one attached hydrogen (secondary N) is 2. The molecule has 0 spiro atoms. The van der Waals surface area contributed by atoms with Crippen molar-refractivity contribution >= 4 is 17.5 Å². The van der Waals surface area contributed by atoms with Crippen molar-refractivity contribution in [3.8, 4) is 0 Å². The van der Waals surface area contributed by atoms with Gasteiger partial charge in [-0.25, -0.2) is 0 Å². The summed E-state index contributed by atoms with van der Waals surface area (Å²) in [4.78, 5) is 35.2. The summed E-state index contributed by atoms with van der Waals surface area (Å²) in [5.74, 6) is 1.28. The smallest absolute Gasteiger partial charge is 0.270 e. The fourth-order valence-corrected chi connectivity index (χ4v) is 5.47. The van der Waals surface area contributed by atoms with E-state index in [1.54, 1.807) is 0 Å². The van der Waals surface area contributed by atoms with Gasteiger partial charge in [0, 0.05) is 17.7 Å². The largest absolute Gasteiger partial charge is 0.273 e. The van der Waals surface area contributed by atoms with Crippen molar-refractivity contribution in [2.75, 3.05) is 0 Å². The van der Waals surface area contributed by atoms with E-state index in [-0.39, 0.29) is 22.6 Å². The summed E-state index contributed by atoms with van der Waals surface area (Å²) in [6.07, 6.45) is 6.47. The molecule has 1 aromatic carbocycles. The monoisotopic (exact) mass is 343 g/mol. The number of carbonyl (C=O) groups excluding carboxylic acids is 2. The third-order valence-electron chi connectivity index (χ3n) is 6.13. The van der Waals surface area contributed by atoms with Crippen LogP contribution in [0.25, 0.3) is 0 Å². The molecule has 4 aliphatic carbocycles. The van der Waals surface area contributed by atoms with Crippen molar-refractivity contribution in [2.24, 2.45) is 23.2 Å². The van der Waals surface area contributed by atoms with Gasteiger partial charge in [0.05, 0.1) is 10.3 Å². The highest BCUT2D eigenvalue weighted by atomic mass is 16.6. The first-order valence-corrected chi connectivity index (χ1v) is 8.80. The van der Waals surface area contributed by atoms with Crippen LogP contribution in [0.15, 0.2) is 24.3 Å². The lowest BCUT2D eigenvalue weighted by Gasteiger charge is -2.55. The molecule has 5 rings (SSSR count). The summed E-state index contributed by atoms with van der Waals surface area (Å²) in [5.41, 5.74) is 4.66. The Morgan fingerprint density at radius 3 is 2.20 bits per heavy atom. The highest BCUT2D eigenvalue weighted by molar-refractivity contribution is 5.96. The van der Waals surface area contributed by atoms with Gasteiger partial charge in [0.15, 0.2) is 0 Å². The van der Waals surface area contributed by atoms with Crippen LogP contribution < -0.4 is 10.9 Å². The van der Waals surface area contributed by atoms with E-state index in [1.165, 1.54) is 43.5 Å². The molecule has 0 saturated heterocycles. The first kappa shape index (κ1) is 16.1. The molecule has 0 unspecified atom stereocenters. The zero-order chi connectivity index (χ0) is 17.6. The van der Waals surface area contributed by atoms with Crippen molar-refractivity contribution < 1.29 is 14.5 Å². The highest BCUT2D eigenvalue weighted by Gasteiger charge is 2.54. The van der Waals surface area contributed by atoms with Crippen molar-refractivity contribution in [3.05, 3.63) is 39.9 Å². The van der Waals surface area contributed by atoms with Gasteiger partial charge in [-0.15, -0.1) is 0 Å². The molecule has 7 nitrogen and oxygen atoms in total. The van der Waals surface area contributed by atoms with Crippen LogP contribution in [-0.4, -0.2) is 16.7 Å². The van der Waals surface area contributed by atoms with E-state index in [2.05, 4.69) is 10.9 Å². The second-order valence-electron chi connectivity index (χ2n) is 7.91. The number of amides is 2. The first-order valence-electron chi connectivity index (χ1n) is 8.80. The van der Waals surface area contributed by atoms with E-state index in [0.29, 0.717) is 17.8 Å². The van der Waals surface area contributed by atoms with Crippen LogP contribution >= 0.6 is 0 Å². The summed E-state index contributed by atoms with van der Waals surface area (Å²) < 4.78 is 0. The molecule has 4 bridgehead atoms. The molecule has 25 heavy (non-hydrogen) atoms. The molecule has 132 valence electrons. The van der Waals surface area contributed by atoms with E-state index >= 15 is 0 Å². The Morgan fingerprint density at radius 2 is 1.64 bits per heavy atom. The zero-order valence-electron chi connectivity index (χ0n) is 13.9. The third kappa shape index (κ3) is 2.88. The van der Waals surface area contributed by atoms with Gasteiger partial charge in [-0.05, 0) is 62.3 Å². The predicted molar refractivity (Wildman–Crippen MR) is 89.3 cm³/mol. The van der Waals surface area contributed by atoms with Crippen molar-refractivity contribution in [1.29, 1.82) is 0 Å². The van der Waals surface area contributed by atoms with E-state index in [1.807, 2.05) is 0 Å². The minimum absolute atomic E-state index is 0.106. The Bertz CT molecular complexity index is 710. The van der Waals surface area contributed by atoms with E-state index in [9.17, 15) is 19.7 Å². The molecule has 0 aromatic heterocycles. The van der Waals surface area contributed by atoms with Gasteiger partial charge in [-0.3, -0.25) is 30.6 Å². The average molecular weight is 343 g/mol. The standard InChI is InChI=1S/C18H21N3O4/c22-16(14-2-1-3-15(7-14)21(24)25)19-20-17(23)18-8-11-4-12(9-18)6-13(5-11)10-18/h1-3,7,11-13H,4-6,8-10H2,(H,19,22)(H,20,23).